The molecule has 0 saturated heterocycles. The lowest BCUT2D eigenvalue weighted by atomic mass is 10.1. The average molecular weight is 297 g/mol. The third-order valence-corrected chi connectivity index (χ3v) is 3.90. The van der Waals surface area contributed by atoms with Gasteiger partial charge in [-0.05, 0) is 26.3 Å². The van der Waals surface area contributed by atoms with Crippen molar-refractivity contribution in [3.05, 3.63) is 33.9 Å². The van der Waals surface area contributed by atoms with E-state index in [1.54, 1.807) is 4.68 Å². The number of nitrogens with zero attached hydrogens (tertiary/aromatic N) is 4. The molecule has 1 unspecified atom stereocenters. The lowest BCUT2D eigenvalue weighted by Crippen LogP contribution is -2.11. The summed E-state index contributed by atoms with van der Waals surface area (Å²) in [5.74, 6) is 0. The maximum Gasteiger partial charge on any atom is 0.101 e. The average Bonchev–Trinajstić information content (AvgIpc) is 2.90. The van der Waals surface area contributed by atoms with E-state index < -0.39 is 6.10 Å². The first-order valence-corrected chi connectivity index (χ1v) is 7.28. The third kappa shape index (κ3) is 2.74. The zero-order valence-electron chi connectivity index (χ0n) is 12.4. The number of aryl methyl sites for hydroxylation is 4. The van der Waals surface area contributed by atoms with E-state index in [0.29, 0.717) is 11.4 Å². The standard InChI is InChI=1S/C14H21ClN4O/c1-5-10-14(15)12(19(6-2)17-10)8-13(20)11-7-9(3)16-18(11)4/h7,13,20H,5-6,8H2,1-4H3. The molecule has 0 saturated carbocycles. The monoisotopic (exact) mass is 296 g/mol. The predicted octanol–water partition coefficient (Wildman–Crippen LogP) is 2.44. The Balaban J connectivity index is 2.29. The molecule has 0 aromatic carbocycles. The highest BCUT2D eigenvalue weighted by molar-refractivity contribution is 6.31. The van der Waals surface area contributed by atoms with Crippen LogP contribution in [0.15, 0.2) is 6.07 Å². The van der Waals surface area contributed by atoms with Gasteiger partial charge in [0, 0.05) is 20.0 Å². The highest BCUT2D eigenvalue weighted by atomic mass is 35.5. The SMILES string of the molecule is CCc1nn(CC)c(CC(O)c2cc(C)nn2C)c1Cl. The Morgan fingerprint density at radius 2 is 2.05 bits per heavy atom. The fourth-order valence-electron chi connectivity index (χ4n) is 2.44. The molecule has 0 spiro atoms. The van der Waals surface area contributed by atoms with Crippen LogP contribution in [0.25, 0.3) is 0 Å². The van der Waals surface area contributed by atoms with Gasteiger partial charge in [0.05, 0.1) is 27.8 Å². The molecule has 0 aliphatic carbocycles. The number of aliphatic hydroxyl groups excluding tert-OH is 1. The molecular formula is C14H21ClN4O. The van der Waals surface area contributed by atoms with E-state index in [1.807, 2.05) is 38.6 Å². The summed E-state index contributed by atoms with van der Waals surface area (Å²) in [7, 11) is 1.84. The van der Waals surface area contributed by atoms with E-state index in [1.165, 1.54) is 0 Å². The van der Waals surface area contributed by atoms with Crippen molar-refractivity contribution < 1.29 is 5.11 Å². The fourth-order valence-corrected chi connectivity index (χ4v) is 2.79. The Bertz CT molecular complexity index is 603. The summed E-state index contributed by atoms with van der Waals surface area (Å²) < 4.78 is 3.58. The fraction of sp³-hybridized carbons (Fsp3) is 0.571. The molecule has 2 aromatic heterocycles. The lowest BCUT2D eigenvalue weighted by molar-refractivity contribution is 0.165. The largest absolute Gasteiger partial charge is 0.386 e. The van der Waals surface area contributed by atoms with Gasteiger partial charge < -0.3 is 5.11 Å². The summed E-state index contributed by atoms with van der Waals surface area (Å²) in [5.41, 5.74) is 3.46. The van der Waals surface area contributed by atoms with Crippen LogP contribution in [0.2, 0.25) is 5.02 Å². The molecule has 2 rings (SSSR count). The number of aromatic nitrogens is 4. The van der Waals surface area contributed by atoms with Crippen molar-refractivity contribution in [3.8, 4) is 0 Å². The van der Waals surface area contributed by atoms with Gasteiger partial charge in [-0.25, -0.2) is 0 Å². The molecule has 0 radical (unpaired) electrons. The van der Waals surface area contributed by atoms with Gasteiger partial charge in [-0.2, -0.15) is 10.2 Å². The van der Waals surface area contributed by atoms with Gasteiger partial charge in [0.25, 0.3) is 0 Å². The quantitative estimate of drug-likeness (QED) is 0.922. The number of halogens is 1. The van der Waals surface area contributed by atoms with E-state index in [9.17, 15) is 5.11 Å². The zero-order chi connectivity index (χ0) is 14.9. The molecule has 0 fully saturated rings. The van der Waals surface area contributed by atoms with Crippen LogP contribution in [-0.4, -0.2) is 24.7 Å². The van der Waals surface area contributed by atoms with Crippen molar-refractivity contribution >= 4 is 11.6 Å². The Labute approximate surface area is 124 Å². The molecule has 0 bridgehead atoms. The van der Waals surface area contributed by atoms with Gasteiger partial charge in [-0.1, -0.05) is 18.5 Å². The number of hydrogen-bond donors (Lipinski definition) is 1. The summed E-state index contributed by atoms with van der Waals surface area (Å²) in [6.07, 6.45) is 0.601. The smallest absolute Gasteiger partial charge is 0.101 e. The van der Waals surface area contributed by atoms with Gasteiger partial charge in [0.2, 0.25) is 0 Å². The van der Waals surface area contributed by atoms with Crippen molar-refractivity contribution in [2.24, 2.45) is 7.05 Å². The van der Waals surface area contributed by atoms with E-state index in [4.69, 9.17) is 11.6 Å². The summed E-state index contributed by atoms with van der Waals surface area (Å²) in [5, 5.41) is 19.8. The van der Waals surface area contributed by atoms with E-state index in [2.05, 4.69) is 10.2 Å². The number of rotatable bonds is 5. The number of hydrogen-bond acceptors (Lipinski definition) is 3. The Morgan fingerprint density at radius 1 is 1.35 bits per heavy atom. The summed E-state index contributed by atoms with van der Waals surface area (Å²) in [6, 6.07) is 1.89. The molecule has 0 aliphatic heterocycles. The van der Waals surface area contributed by atoms with Crippen molar-refractivity contribution in [1.82, 2.24) is 19.6 Å². The highest BCUT2D eigenvalue weighted by Crippen LogP contribution is 2.27. The molecule has 1 N–H and O–H groups in total. The first-order valence-electron chi connectivity index (χ1n) is 6.90. The maximum absolute atomic E-state index is 10.4. The van der Waals surface area contributed by atoms with E-state index in [0.717, 1.165) is 35.7 Å². The van der Waals surface area contributed by atoms with Crippen LogP contribution in [0.3, 0.4) is 0 Å². The third-order valence-electron chi connectivity index (χ3n) is 3.46. The first-order chi connectivity index (χ1) is 9.47. The van der Waals surface area contributed by atoms with Gasteiger partial charge in [-0.3, -0.25) is 9.36 Å². The van der Waals surface area contributed by atoms with Crippen LogP contribution >= 0.6 is 11.6 Å². The van der Waals surface area contributed by atoms with Gasteiger partial charge in [-0.15, -0.1) is 0 Å². The molecular weight excluding hydrogens is 276 g/mol. The second kappa shape index (κ2) is 5.97. The molecule has 0 amide bonds. The van der Waals surface area contributed by atoms with Gasteiger partial charge in [0.1, 0.15) is 6.10 Å². The Hall–Kier alpha value is -1.33. The van der Waals surface area contributed by atoms with E-state index >= 15 is 0 Å². The zero-order valence-corrected chi connectivity index (χ0v) is 13.1. The second-order valence-electron chi connectivity index (χ2n) is 4.93. The molecule has 110 valence electrons. The van der Waals surface area contributed by atoms with Crippen LogP contribution in [0, 0.1) is 6.92 Å². The molecule has 2 aromatic rings. The van der Waals surface area contributed by atoms with Crippen molar-refractivity contribution in [2.45, 2.75) is 46.3 Å². The van der Waals surface area contributed by atoms with Crippen LogP contribution in [0.5, 0.6) is 0 Å². The molecule has 2 heterocycles. The molecule has 6 heteroatoms. The van der Waals surface area contributed by atoms with Crippen molar-refractivity contribution in [2.75, 3.05) is 0 Å². The second-order valence-corrected chi connectivity index (χ2v) is 5.31. The predicted molar refractivity (Wildman–Crippen MR) is 78.9 cm³/mol. The van der Waals surface area contributed by atoms with Crippen LogP contribution in [0.4, 0.5) is 0 Å². The van der Waals surface area contributed by atoms with Crippen LogP contribution < -0.4 is 0 Å². The van der Waals surface area contributed by atoms with Crippen molar-refractivity contribution in [3.63, 3.8) is 0 Å². The van der Waals surface area contributed by atoms with Gasteiger partial charge >= 0.3 is 0 Å². The molecule has 0 aliphatic rings. The topological polar surface area (TPSA) is 55.9 Å². The summed E-state index contributed by atoms with van der Waals surface area (Å²) in [4.78, 5) is 0. The summed E-state index contributed by atoms with van der Waals surface area (Å²) >= 11 is 6.37. The van der Waals surface area contributed by atoms with E-state index in [-0.39, 0.29) is 0 Å². The van der Waals surface area contributed by atoms with Crippen molar-refractivity contribution in [1.29, 1.82) is 0 Å². The minimum Gasteiger partial charge on any atom is -0.386 e. The molecule has 5 nitrogen and oxygen atoms in total. The maximum atomic E-state index is 10.4. The lowest BCUT2D eigenvalue weighted by Gasteiger charge is -2.12. The highest BCUT2D eigenvalue weighted by Gasteiger charge is 2.20. The minimum absolute atomic E-state index is 0.443. The summed E-state index contributed by atoms with van der Waals surface area (Å²) in [6.45, 7) is 6.70. The van der Waals surface area contributed by atoms with Gasteiger partial charge in [0.15, 0.2) is 0 Å². The minimum atomic E-state index is -0.634. The Kier molecular flexibility index (Phi) is 4.50. The number of aliphatic hydroxyl groups is 1. The normalized spacial score (nSPS) is 12.9. The molecule has 1 atom stereocenters. The van der Waals surface area contributed by atoms with Crippen LogP contribution in [0.1, 0.15) is 42.7 Å². The first kappa shape index (κ1) is 15.1. The van der Waals surface area contributed by atoms with Crippen LogP contribution in [-0.2, 0) is 26.4 Å². The molecule has 20 heavy (non-hydrogen) atoms. The Morgan fingerprint density at radius 3 is 2.55 bits per heavy atom.